The van der Waals surface area contributed by atoms with Gasteiger partial charge in [-0.05, 0) is 19.9 Å². The Morgan fingerprint density at radius 2 is 2.08 bits per heavy atom. The zero-order valence-corrected chi connectivity index (χ0v) is 8.43. The molecule has 0 rings (SSSR count). The molecule has 0 bridgehead atoms. The van der Waals surface area contributed by atoms with Gasteiger partial charge in [-0.2, -0.15) is 0 Å². The summed E-state index contributed by atoms with van der Waals surface area (Å²) < 4.78 is 0. The smallest absolute Gasteiger partial charge is 0.0599 e. The molecule has 0 spiro atoms. The van der Waals surface area contributed by atoms with Crippen molar-refractivity contribution in [1.29, 1.82) is 0 Å². The first-order valence-corrected chi connectivity index (χ1v) is 4.50. The van der Waals surface area contributed by atoms with Crippen molar-refractivity contribution in [2.75, 3.05) is 19.6 Å². The molecule has 0 aliphatic carbocycles. The van der Waals surface area contributed by atoms with Gasteiger partial charge in [-0.1, -0.05) is 19.8 Å². The standard InChI is InChI=1S/C10H20N2/c1-5-8-12(7-3)9-10(4,11)6-2/h1H,6-9,11H2,2-4H3. The summed E-state index contributed by atoms with van der Waals surface area (Å²) in [7, 11) is 0. The monoisotopic (exact) mass is 168 g/mol. The van der Waals surface area contributed by atoms with Crippen molar-refractivity contribution in [1.82, 2.24) is 4.90 Å². The number of nitrogens with two attached hydrogens (primary N) is 1. The van der Waals surface area contributed by atoms with E-state index in [1.54, 1.807) is 0 Å². The highest BCUT2D eigenvalue weighted by atomic mass is 15.1. The van der Waals surface area contributed by atoms with Crippen LogP contribution in [-0.2, 0) is 0 Å². The molecule has 0 heterocycles. The molecule has 0 aliphatic rings. The second-order valence-corrected chi connectivity index (χ2v) is 3.51. The van der Waals surface area contributed by atoms with Gasteiger partial charge in [-0.25, -0.2) is 0 Å². The fourth-order valence-electron chi connectivity index (χ4n) is 1.03. The van der Waals surface area contributed by atoms with Gasteiger partial charge in [0.05, 0.1) is 6.54 Å². The fourth-order valence-corrected chi connectivity index (χ4v) is 1.03. The van der Waals surface area contributed by atoms with Crippen LogP contribution >= 0.6 is 0 Å². The van der Waals surface area contributed by atoms with E-state index in [1.807, 2.05) is 0 Å². The van der Waals surface area contributed by atoms with E-state index in [-0.39, 0.29) is 5.54 Å². The summed E-state index contributed by atoms with van der Waals surface area (Å²) in [6.45, 7) is 8.81. The predicted molar refractivity (Wildman–Crippen MR) is 53.8 cm³/mol. The van der Waals surface area contributed by atoms with Crippen LogP contribution in [-0.4, -0.2) is 30.1 Å². The quantitative estimate of drug-likeness (QED) is 0.622. The van der Waals surface area contributed by atoms with Crippen LogP contribution in [0.1, 0.15) is 27.2 Å². The number of hydrogen-bond acceptors (Lipinski definition) is 2. The maximum atomic E-state index is 6.01. The number of terminal acetylenes is 1. The Kier molecular flexibility index (Phi) is 4.96. The fraction of sp³-hybridized carbons (Fsp3) is 0.800. The van der Waals surface area contributed by atoms with Gasteiger partial charge in [-0.3, -0.25) is 4.90 Å². The Hall–Kier alpha value is -0.520. The first-order valence-electron chi connectivity index (χ1n) is 4.50. The van der Waals surface area contributed by atoms with Crippen LogP contribution in [0.2, 0.25) is 0 Å². The molecule has 0 aromatic carbocycles. The summed E-state index contributed by atoms with van der Waals surface area (Å²) in [6, 6.07) is 0. The molecular weight excluding hydrogens is 148 g/mol. The lowest BCUT2D eigenvalue weighted by molar-refractivity contribution is 0.245. The summed E-state index contributed by atoms with van der Waals surface area (Å²) in [5, 5.41) is 0. The van der Waals surface area contributed by atoms with Gasteiger partial charge in [0.15, 0.2) is 0 Å². The van der Waals surface area contributed by atoms with Crippen LogP contribution in [0, 0.1) is 12.3 Å². The zero-order valence-electron chi connectivity index (χ0n) is 8.43. The van der Waals surface area contributed by atoms with Crippen molar-refractivity contribution in [2.24, 2.45) is 5.73 Å². The van der Waals surface area contributed by atoms with Crippen LogP contribution in [0.3, 0.4) is 0 Å². The van der Waals surface area contributed by atoms with Gasteiger partial charge < -0.3 is 5.73 Å². The third-order valence-corrected chi connectivity index (χ3v) is 2.15. The highest BCUT2D eigenvalue weighted by molar-refractivity contribution is 4.91. The van der Waals surface area contributed by atoms with Gasteiger partial charge in [-0.15, -0.1) is 6.42 Å². The molecule has 2 N–H and O–H groups in total. The number of nitrogens with zero attached hydrogens (tertiary/aromatic N) is 1. The molecule has 0 aromatic heterocycles. The van der Waals surface area contributed by atoms with E-state index < -0.39 is 0 Å². The molecule has 70 valence electrons. The summed E-state index contributed by atoms with van der Waals surface area (Å²) in [5.41, 5.74) is 5.91. The highest BCUT2D eigenvalue weighted by Gasteiger charge is 2.18. The number of rotatable bonds is 5. The lowest BCUT2D eigenvalue weighted by Crippen LogP contribution is -2.47. The molecule has 0 amide bonds. The largest absolute Gasteiger partial charge is 0.324 e. The van der Waals surface area contributed by atoms with E-state index in [9.17, 15) is 0 Å². The van der Waals surface area contributed by atoms with Crippen LogP contribution in [0.5, 0.6) is 0 Å². The Balaban J connectivity index is 3.94. The van der Waals surface area contributed by atoms with Crippen molar-refractivity contribution in [3.63, 3.8) is 0 Å². The average molecular weight is 168 g/mol. The van der Waals surface area contributed by atoms with Gasteiger partial charge in [0.1, 0.15) is 0 Å². The van der Waals surface area contributed by atoms with Gasteiger partial charge in [0.2, 0.25) is 0 Å². The molecular formula is C10H20N2. The molecule has 1 atom stereocenters. The number of hydrogen-bond donors (Lipinski definition) is 1. The topological polar surface area (TPSA) is 29.3 Å². The minimum atomic E-state index is -0.104. The Morgan fingerprint density at radius 3 is 2.42 bits per heavy atom. The molecule has 0 radical (unpaired) electrons. The van der Waals surface area contributed by atoms with E-state index in [0.29, 0.717) is 6.54 Å². The van der Waals surface area contributed by atoms with Crippen LogP contribution in [0.25, 0.3) is 0 Å². The molecule has 0 saturated carbocycles. The van der Waals surface area contributed by atoms with E-state index in [0.717, 1.165) is 19.5 Å². The molecule has 0 aliphatic heterocycles. The van der Waals surface area contributed by atoms with Crippen LogP contribution in [0.15, 0.2) is 0 Å². The van der Waals surface area contributed by atoms with Crippen LogP contribution < -0.4 is 5.73 Å². The minimum Gasteiger partial charge on any atom is -0.324 e. The zero-order chi connectivity index (χ0) is 9.61. The molecule has 2 nitrogen and oxygen atoms in total. The second-order valence-electron chi connectivity index (χ2n) is 3.51. The summed E-state index contributed by atoms with van der Waals surface area (Å²) in [4.78, 5) is 2.18. The summed E-state index contributed by atoms with van der Waals surface area (Å²) >= 11 is 0. The first kappa shape index (κ1) is 11.5. The van der Waals surface area contributed by atoms with Crippen LogP contribution in [0.4, 0.5) is 0 Å². The second kappa shape index (κ2) is 5.18. The van der Waals surface area contributed by atoms with Gasteiger partial charge >= 0.3 is 0 Å². The molecule has 1 unspecified atom stereocenters. The van der Waals surface area contributed by atoms with Gasteiger partial charge in [0.25, 0.3) is 0 Å². The molecule has 12 heavy (non-hydrogen) atoms. The van der Waals surface area contributed by atoms with E-state index in [2.05, 4.69) is 31.6 Å². The Bertz CT molecular complexity index is 156. The molecule has 0 aromatic rings. The normalized spacial score (nSPS) is 15.7. The average Bonchev–Trinajstić information content (AvgIpc) is 2.03. The lowest BCUT2D eigenvalue weighted by atomic mass is 10.00. The molecule has 0 saturated heterocycles. The number of likely N-dealkylation sites (N-methyl/N-ethyl adjacent to an activating group) is 1. The SMILES string of the molecule is C#CCN(CC)CC(C)(N)CC. The predicted octanol–water partition coefficient (Wildman–Crippen LogP) is 1.07. The Morgan fingerprint density at radius 1 is 1.50 bits per heavy atom. The minimum absolute atomic E-state index is 0.104. The third kappa shape index (κ3) is 4.38. The summed E-state index contributed by atoms with van der Waals surface area (Å²) in [6.07, 6.45) is 6.21. The van der Waals surface area contributed by atoms with Gasteiger partial charge in [0, 0.05) is 12.1 Å². The van der Waals surface area contributed by atoms with E-state index >= 15 is 0 Å². The van der Waals surface area contributed by atoms with Crippen molar-refractivity contribution in [3.8, 4) is 12.3 Å². The van der Waals surface area contributed by atoms with Crippen molar-refractivity contribution < 1.29 is 0 Å². The summed E-state index contributed by atoms with van der Waals surface area (Å²) in [5.74, 6) is 2.64. The maximum Gasteiger partial charge on any atom is 0.0599 e. The van der Waals surface area contributed by atoms with Crippen molar-refractivity contribution >= 4 is 0 Å². The third-order valence-electron chi connectivity index (χ3n) is 2.15. The van der Waals surface area contributed by atoms with E-state index in [1.165, 1.54) is 0 Å². The molecule has 0 fully saturated rings. The maximum absolute atomic E-state index is 6.01. The highest BCUT2D eigenvalue weighted by Crippen LogP contribution is 2.06. The van der Waals surface area contributed by atoms with E-state index in [4.69, 9.17) is 12.2 Å². The molecule has 2 heteroatoms. The van der Waals surface area contributed by atoms with Crippen molar-refractivity contribution in [2.45, 2.75) is 32.7 Å². The first-order chi connectivity index (χ1) is 5.55. The van der Waals surface area contributed by atoms with Crippen molar-refractivity contribution in [3.05, 3.63) is 0 Å². The lowest BCUT2D eigenvalue weighted by Gasteiger charge is -2.29. The Labute approximate surface area is 76.1 Å².